The van der Waals surface area contributed by atoms with E-state index >= 15 is 0 Å². The zero-order chi connectivity index (χ0) is 20.1. The molecule has 2 heterocycles. The van der Waals surface area contributed by atoms with E-state index in [0.29, 0.717) is 16.8 Å². The molecule has 0 aliphatic rings. The monoisotopic (exact) mass is 394 g/mol. The number of fused-ring (bicyclic) bond motifs is 1. The van der Waals surface area contributed by atoms with E-state index in [1.165, 1.54) is 17.7 Å². The molecule has 0 aliphatic heterocycles. The Morgan fingerprint density at radius 1 is 1.30 bits per heavy atom. The van der Waals surface area contributed by atoms with E-state index in [1.54, 1.807) is 0 Å². The average Bonchev–Trinajstić information content (AvgIpc) is 2.89. The maximum Gasteiger partial charge on any atom is 0.326 e. The first-order chi connectivity index (χ1) is 12.7. The lowest BCUT2D eigenvalue weighted by Crippen LogP contribution is -2.42. The molecule has 0 fully saturated rings. The highest BCUT2D eigenvalue weighted by molar-refractivity contribution is 7.18. The van der Waals surface area contributed by atoms with E-state index in [2.05, 4.69) is 15.6 Å². The predicted octanol–water partition coefficient (Wildman–Crippen LogP) is 1.10. The smallest absolute Gasteiger partial charge is 0.326 e. The second kappa shape index (κ2) is 8.76. The lowest BCUT2D eigenvalue weighted by atomic mass is 10.2. The van der Waals surface area contributed by atoms with Gasteiger partial charge >= 0.3 is 12.0 Å². The molecule has 0 aromatic carbocycles. The largest absolute Gasteiger partial charge is 0.454 e. The standard InChI is InChI=1S/C17H22N4O5S/c1-9(2)5-18-17(25)20-12(22)7-26-13(23)6-21-8-19-15-14(16(21)24)10(3)11(4)27-15/h8-9H,5-7H2,1-4H3,(H2,18,20,22,25). The maximum absolute atomic E-state index is 12.5. The second-order valence-corrected chi connectivity index (χ2v) is 7.66. The van der Waals surface area contributed by atoms with Crippen molar-refractivity contribution in [2.24, 2.45) is 5.92 Å². The van der Waals surface area contributed by atoms with Gasteiger partial charge in [-0.2, -0.15) is 0 Å². The zero-order valence-corrected chi connectivity index (χ0v) is 16.4. The Labute approximate surface area is 159 Å². The minimum absolute atomic E-state index is 0.239. The summed E-state index contributed by atoms with van der Waals surface area (Å²) in [7, 11) is 0. The molecule has 2 aromatic rings. The van der Waals surface area contributed by atoms with Crippen LogP contribution < -0.4 is 16.2 Å². The van der Waals surface area contributed by atoms with Gasteiger partial charge in [0.1, 0.15) is 11.4 Å². The fourth-order valence-electron chi connectivity index (χ4n) is 2.22. The zero-order valence-electron chi connectivity index (χ0n) is 15.6. The van der Waals surface area contributed by atoms with Gasteiger partial charge in [-0.15, -0.1) is 11.3 Å². The number of nitrogens with one attached hydrogen (secondary N) is 2. The molecule has 0 atom stereocenters. The summed E-state index contributed by atoms with van der Waals surface area (Å²) in [6, 6.07) is -0.654. The summed E-state index contributed by atoms with van der Waals surface area (Å²) in [6.07, 6.45) is 1.28. The van der Waals surface area contributed by atoms with Crippen LogP contribution >= 0.6 is 11.3 Å². The predicted molar refractivity (Wildman–Crippen MR) is 101 cm³/mol. The van der Waals surface area contributed by atoms with E-state index in [0.717, 1.165) is 15.0 Å². The SMILES string of the molecule is Cc1sc2ncn(CC(=O)OCC(=O)NC(=O)NCC(C)C)c(=O)c2c1C. The van der Waals surface area contributed by atoms with Gasteiger partial charge in [0.25, 0.3) is 11.5 Å². The minimum atomic E-state index is -0.777. The third-order valence-electron chi connectivity index (χ3n) is 3.74. The molecule has 0 radical (unpaired) electrons. The molecule has 10 heteroatoms. The molecule has 2 N–H and O–H groups in total. The van der Waals surface area contributed by atoms with Crippen LogP contribution in [0.15, 0.2) is 11.1 Å². The number of imide groups is 1. The number of carbonyl (C=O) groups is 3. The summed E-state index contributed by atoms with van der Waals surface area (Å²) in [6.45, 7) is 6.98. The van der Waals surface area contributed by atoms with Crippen LogP contribution in [0, 0.1) is 19.8 Å². The van der Waals surface area contributed by atoms with E-state index in [4.69, 9.17) is 4.74 Å². The fourth-order valence-corrected chi connectivity index (χ4v) is 3.20. The van der Waals surface area contributed by atoms with E-state index in [-0.39, 0.29) is 18.0 Å². The molecule has 2 rings (SSSR count). The molecule has 0 aliphatic carbocycles. The van der Waals surface area contributed by atoms with Crippen molar-refractivity contribution >= 4 is 39.5 Å². The Bertz CT molecular complexity index is 931. The number of thiophene rings is 1. The van der Waals surface area contributed by atoms with Gasteiger partial charge in [-0.3, -0.25) is 24.3 Å². The van der Waals surface area contributed by atoms with Crippen molar-refractivity contribution in [2.75, 3.05) is 13.2 Å². The summed E-state index contributed by atoms with van der Waals surface area (Å²) < 4.78 is 5.96. The molecule has 146 valence electrons. The summed E-state index contributed by atoms with van der Waals surface area (Å²) in [5, 5.41) is 5.04. The normalized spacial score (nSPS) is 10.9. The van der Waals surface area contributed by atoms with Gasteiger partial charge in [0.2, 0.25) is 0 Å². The quantitative estimate of drug-likeness (QED) is 0.708. The first-order valence-electron chi connectivity index (χ1n) is 8.37. The number of aromatic nitrogens is 2. The first-order valence-corrected chi connectivity index (χ1v) is 9.19. The molecule has 3 amide bonds. The van der Waals surface area contributed by atoms with Crippen molar-refractivity contribution in [3.63, 3.8) is 0 Å². The van der Waals surface area contributed by atoms with Crippen LogP contribution in [0.4, 0.5) is 4.79 Å². The van der Waals surface area contributed by atoms with Gasteiger partial charge in [0.05, 0.1) is 11.7 Å². The molecule has 0 saturated heterocycles. The third kappa shape index (κ3) is 5.36. The number of esters is 1. The van der Waals surface area contributed by atoms with Gasteiger partial charge in [-0.25, -0.2) is 9.78 Å². The summed E-state index contributed by atoms with van der Waals surface area (Å²) >= 11 is 1.41. The van der Waals surface area contributed by atoms with Gasteiger partial charge in [0, 0.05) is 11.4 Å². The number of ether oxygens (including phenoxy) is 1. The van der Waals surface area contributed by atoms with Gasteiger partial charge in [0.15, 0.2) is 6.61 Å². The molecule has 0 unspecified atom stereocenters. The molecule has 0 saturated carbocycles. The van der Waals surface area contributed by atoms with Crippen LogP contribution in [0.2, 0.25) is 0 Å². The number of rotatable bonds is 6. The molecule has 0 bridgehead atoms. The number of nitrogens with zero attached hydrogens (tertiary/aromatic N) is 2. The van der Waals surface area contributed by atoms with Crippen LogP contribution in [-0.4, -0.2) is 40.6 Å². The van der Waals surface area contributed by atoms with Crippen LogP contribution in [0.25, 0.3) is 10.2 Å². The molecule has 27 heavy (non-hydrogen) atoms. The van der Waals surface area contributed by atoms with Gasteiger partial charge in [-0.05, 0) is 25.3 Å². The van der Waals surface area contributed by atoms with E-state index < -0.39 is 24.5 Å². The summed E-state index contributed by atoms with van der Waals surface area (Å²) in [5.41, 5.74) is 0.498. The number of carbonyl (C=O) groups excluding carboxylic acids is 3. The van der Waals surface area contributed by atoms with E-state index in [1.807, 2.05) is 27.7 Å². The van der Waals surface area contributed by atoms with Gasteiger partial charge in [-0.1, -0.05) is 13.8 Å². The number of aryl methyl sites for hydroxylation is 2. The third-order valence-corrected chi connectivity index (χ3v) is 4.86. The topological polar surface area (TPSA) is 119 Å². The number of urea groups is 1. The lowest BCUT2D eigenvalue weighted by molar-refractivity contribution is -0.148. The van der Waals surface area contributed by atoms with Crippen LogP contribution in [0.1, 0.15) is 24.3 Å². The lowest BCUT2D eigenvalue weighted by Gasteiger charge is -2.09. The highest BCUT2D eigenvalue weighted by Gasteiger charge is 2.15. The maximum atomic E-state index is 12.5. The Hall–Kier alpha value is -2.75. The number of hydrogen-bond acceptors (Lipinski definition) is 7. The highest BCUT2D eigenvalue weighted by Crippen LogP contribution is 2.25. The molecule has 9 nitrogen and oxygen atoms in total. The van der Waals surface area contributed by atoms with Crippen molar-refractivity contribution in [2.45, 2.75) is 34.2 Å². The number of hydrogen-bond donors (Lipinski definition) is 2. The Morgan fingerprint density at radius 2 is 2.00 bits per heavy atom. The van der Waals surface area contributed by atoms with Crippen molar-refractivity contribution < 1.29 is 19.1 Å². The van der Waals surface area contributed by atoms with Crippen molar-refractivity contribution in [3.05, 3.63) is 27.1 Å². The second-order valence-electron chi connectivity index (χ2n) is 6.45. The van der Waals surface area contributed by atoms with Crippen LogP contribution in [0.3, 0.4) is 0 Å². The summed E-state index contributed by atoms with van der Waals surface area (Å²) in [4.78, 5) is 53.3. The van der Waals surface area contributed by atoms with Crippen molar-refractivity contribution in [1.82, 2.24) is 20.2 Å². The molecule has 0 spiro atoms. The van der Waals surface area contributed by atoms with Gasteiger partial charge < -0.3 is 10.1 Å². The summed E-state index contributed by atoms with van der Waals surface area (Å²) in [5.74, 6) is -1.29. The average molecular weight is 394 g/mol. The van der Waals surface area contributed by atoms with Crippen molar-refractivity contribution in [1.29, 1.82) is 0 Å². The van der Waals surface area contributed by atoms with Crippen LogP contribution in [0.5, 0.6) is 0 Å². The highest BCUT2D eigenvalue weighted by atomic mass is 32.1. The fraction of sp³-hybridized carbons (Fsp3) is 0.471. The number of amides is 3. The van der Waals surface area contributed by atoms with E-state index in [9.17, 15) is 19.2 Å². The minimum Gasteiger partial charge on any atom is -0.454 e. The first kappa shape index (κ1) is 20.6. The van der Waals surface area contributed by atoms with Crippen molar-refractivity contribution in [3.8, 4) is 0 Å². The van der Waals surface area contributed by atoms with Crippen LogP contribution in [-0.2, 0) is 20.9 Å². The Morgan fingerprint density at radius 3 is 2.67 bits per heavy atom. The molecular formula is C17H22N4O5S. The Kier molecular flexibility index (Phi) is 6.67. The Balaban J connectivity index is 1.91. The molecular weight excluding hydrogens is 372 g/mol. The molecule has 2 aromatic heterocycles.